The van der Waals surface area contributed by atoms with Gasteiger partial charge in [-0.05, 0) is 43.0 Å². The Labute approximate surface area is 110 Å². The van der Waals surface area contributed by atoms with Gasteiger partial charge in [0.1, 0.15) is 0 Å². The fraction of sp³-hybridized carbons (Fsp3) is 0.533. The molecule has 1 aromatic rings. The van der Waals surface area contributed by atoms with Crippen LogP contribution in [-0.2, 0) is 4.79 Å². The Hall–Kier alpha value is -1.35. The number of amides is 1. The summed E-state index contributed by atoms with van der Waals surface area (Å²) in [5.74, 6) is 0.607. The Kier molecular flexibility index (Phi) is 6.44. The van der Waals surface area contributed by atoms with Gasteiger partial charge in [-0.1, -0.05) is 32.4 Å². The van der Waals surface area contributed by atoms with E-state index in [-0.39, 0.29) is 5.91 Å². The third kappa shape index (κ3) is 5.32. The number of carbonyl (C=O) groups is 1. The molecule has 0 unspecified atom stereocenters. The van der Waals surface area contributed by atoms with Crippen molar-refractivity contribution in [3.63, 3.8) is 0 Å². The van der Waals surface area contributed by atoms with Crippen molar-refractivity contribution in [2.75, 3.05) is 11.9 Å². The van der Waals surface area contributed by atoms with Crippen molar-refractivity contribution in [3.05, 3.63) is 29.8 Å². The predicted octanol–water partition coefficient (Wildman–Crippen LogP) is 3.27. The zero-order chi connectivity index (χ0) is 13.4. The maximum atomic E-state index is 11.7. The number of rotatable bonds is 7. The Morgan fingerprint density at radius 2 is 1.83 bits per heavy atom. The van der Waals surface area contributed by atoms with Gasteiger partial charge in [-0.2, -0.15) is 0 Å². The fourth-order valence-corrected chi connectivity index (χ4v) is 1.78. The van der Waals surface area contributed by atoms with Crippen molar-refractivity contribution < 1.29 is 4.79 Å². The van der Waals surface area contributed by atoms with E-state index < -0.39 is 0 Å². The molecule has 0 radical (unpaired) electrons. The lowest BCUT2D eigenvalue weighted by molar-refractivity contribution is -0.116. The molecule has 100 valence electrons. The maximum absolute atomic E-state index is 11.7. The molecular formula is C15H24N2O. The molecule has 0 fully saturated rings. The molecule has 0 bridgehead atoms. The Morgan fingerprint density at radius 3 is 2.39 bits per heavy atom. The summed E-state index contributed by atoms with van der Waals surface area (Å²) in [6, 6.07) is 8.06. The summed E-state index contributed by atoms with van der Waals surface area (Å²) >= 11 is 0. The van der Waals surface area contributed by atoms with Crippen molar-refractivity contribution >= 4 is 11.6 Å². The topological polar surface area (TPSA) is 55.1 Å². The van der Waals surface area contributed by atoms with Crippen LogP contribution in [0, 0.1) is 0 Å². The molecule has 0 aliphatic heterocycles. The summed E-state index contributed by atoms with van der Waals surface area (Å²) in [6.07, 6.45) is 3.51. The average Bonchev–Trinajstić information content (AvgIpc) is 2.35. The van der Waals surface area contributed by atoms with Crippen LogP contribution in [0.4, 0.5) is 5.69 Å². The van der Waals surface area contributed by atoms with E-state index in [0.717, 1.165) is 24.9 Å². The van der Waals surface area contributed by atoms with Gasteiger partial charge < -0.3 is 11.1 Å². The number of nitrogens with two attached hydrogens (primary N) is 1. The van der Waals surface area contributed by atoms with Crippen molar-refractivity contribution in [2.45, 2.75) is 45.4 Å². The normalized spacial score (nSPS) is 10.7. The van der Waals surface area contributed by atoms with E-state index in [1.807, 2.05) is 12.1 Å². The second kappa shape index (κ2) is 7.88. The summed E-state index contributed by atoms with van der Waals surface area (Å²) in [4.78, 5) is 11.7. The third-order valence-corrected chi connectivity index (χ3v) is 2.97. The molecule has 1 amide bonds. The minimum Gasteiger partial charge on any atom is -0.330 e. The Bertz CT molecular complexity index is 357. The van der Waals surface area contributed by atoms with E-state index in [4.69, 9.17) is 5.73 Å². The van der Waals surface area contributed by atoms with Crippen LogP contribution < -0.4 is 11.1 Å². The van der Waals surface area contributed by atoms with Crippen LogP contribution in [-0.4, -0.2) is 12.5 Å². The van der Waals surface area contributed by atoms with Crippen LogP contribution in [0.3, 0.4) is 0 Å². The standard InChI is InChI=1S/C15H24N2O/c1-12(2)13-7-9-14(10-8-13)17-15(18)6-4-3-5-11-16/h7-10,12H,3-6,11,16H2,1-2H3,(H,17,18). The number of benzene rings is 1. The van der Waals surface area contributed by atoms with Crippen LogP contribution in [0.5, 0.6) is 0 Å². The van der Waals surface area contributed by atoms with Gasteiger partial charge in [0, 0.05) is 12.1 Å². The maximum Gasteiger partial charge on any atom is 0.224 e. The first-order valence-corrected chi connectivity index (χ1v) is 6.73. The molecule has 3 heteroatoms. The van der Waals surface area contributed by atoms with Crippen LogP contribution in [0.15, 0.2) is 24.3 Å². The number of carbonyl (C=O) groups excluding carboxylic acids is 1. The fourth-order valence-electron chi connectivity index (χ4n) is 1.78. The van der Waals surface area contributed by atoms with E-state index in [2.05, 4.69) is 31.3 Å². The van der Waals surface area contributed by atoms with Crippen molar-refractivity contribution in [2.24, 2.45) is 5.73 Å². The zero-order valence-corrected chi connectivity index (χ0v) is 11.4. The quantitative estimate of drug-likeness (QED) is 0.728. The van der Waals surface area contributed by atoms with Crippen LogP contribution >= 0.6 is 0 Å². The third-order valence-electron chi connectivity index (χ3n) is 2.97. The summed E-state index contributed by atoms with van der Waals surface area (Å²) in [5.41, 5.74) is 7.57. The van der Waals surface area contributed by atoms with Crippen LogP contribution in [0.1, 0.15) is 51.0 Å². The second-order valence-electron chi connectivity index (χ2n) is 4.92. The second-order valence-corrected chi connectivity index (χ2v) is 4.92. The molecule has 18 heavy (non-hydrogen) atoms. The summed E-state index contributed by atoms with van der Waals surface area (Å²) in [5, 5.41) is 2.91. The minimum absolute atomic E-state index is 0.0873. The molecule has 0 aromatic heterocycles. The molecular weight excluding hydrogens is 224 g/mol. The van der Waals surface area contributed by atoms with Gasteiger partial charge in [0.05, 0.1) is 0 Å². The van der Waals surface area contributed by atoms with E-state index in [9.17, 15) is 4.79 Å². The largest absolute Gasteiger partial charge is 0.330 e. The molecule has 3 N–H and O–H groups in total. The SMILES string of the molecule is CC(C)c1ccc(NC(=O)CCCCCN)cc1. The summed E-state index contributed by atoms with van der Waals surface area (Å²) < 4.78 is 0. The van der Waals surface area contributed by atoms with Crippen molar-refractivity contribution in [1.82, 2.24) is 0 Å². The number of anilines is 1. The highest BCUT2D eigenvalue weighted by Crippen LogP contribution is 2.17. The van der Waals surface area contributed by atoms with Gasteiger partial charge >= 0.3 is 0 Å². The van der Waals surface area contributed by atoms with Gasteiger partial charge in [-0.15, -0.1) is 0 Å². The molecule has 0 saturated carbocycles. The highest BCUT2D eigenvalue weighted by molar-refractivity contribution is 5.90. The number of hydrogen-bond donors (Lipinski definition) is 2. The molecule has 0 spiro atoms. The summed E-state index contributed by atoms with van der Waals surface area (Å²) in [6.45, 7) is 5.02. The number of nitrogens with one attached hydrogen (secondary N) is 1. The molecule has 1 rings (SSSR count). The molecule has 0 saturated heterocycles. The Balaban J connectivity index is 2.35. The predicted molar refractivity (Wildman–Crippen MR) is 76.7 cm³/mol. The monoisotopic (exact) mass is 248 g/mol. The number of hydrogen-bond acceptors (Lipinski definition) is 2. The minimum atomic E-state index is 0.0873. The first-order valence-electron chi connectivity index (χ1n) is 6.73. The lowest BCUT2D eigenvalue weighted by Gasteiger charge is -2.08. The van der Waals surface area contributed by atoms with Gasteiger partial charge in [0.15, 0.2) is 0 Å². The van der Waals surface area contributed by atoms with Gasteiger partial charge in [0.25, 0.3) is 0 Å². The molecule has 0 heterocycles. The van der Waals surface area contributed by atoms with Crippen molar-refractivity contribution in [1.29, 1.82) is 0 Å². The summed E-state index contributed by atoms with van der Waals surface area (Å²) in [7, 11) is 0. The first kappa shape index (κ1) is 14.7. The average molecular weight is 248 g/mol. The van der Waals surface area contributed by atoms with Crippen LogP contribution in [0.25, 0.3) is 0 Å². The van der Waals surface area contributed by atoms with Crippen molar-refractivity contribution in [3.8, 4) is 0 Å². The smallest absolute Gasteiger partial charge is 0.224 e. The molecule has 0 aliphatic carbocycles. The number of unbranched alkanes of at least 4 members (excludes halogenated alkanes) is 2. The first-order chi connectivity index (χ1) is 8.63. The highest BCUT2D eigenvalue weighted by atomic mass is 16.1. The molecule has 3 nitrogen and oxygen atoms in total. The molecule has 0 aliphatic rings. The van der Waals surface area contributed by atoms with Gasteiger partial charge in [0.2, 0.25) is 5.91 Å². The molecule has 1 aromatic carbocycles. The van der Waals surface area contributed by atoms with E-state index in [1.165, 1.54) is 5.56 Å². The zero-order valence-electron chi connectivity index (χ0n) is 11.4. The molecule has 0 atom stereocenters. The van der Waals surface area contributed by atoms with E-state index in [0.29, 0.717) is 18.9 Å². The lowest BCUT2D eigenvalue weighted by atomic mass is 10.0. The van der Waals surface area contributed by atoms with E-state index in [1.54, 1.807) is 0 Å². The lowest BCUT2D eigenvalue weighted by Crippen LogP contribution is -2.11. The highest BCUT2D eigenvalue weighted by Gasteiger charge is 2.03. The van der Waals surface area contributed by atoms with Crippen LogP contribution in [0.2, 0.25) is 0 Å². The van der Waals surface area contributed by atoms with E-state index >= 15 is 0 Å². The van der Waals surface area contributed by atoms with Gasteiger partial charge in [-0.3, -0.25) is 4.79 Å². The Morgan fingerprint density at radius 1 is 1.17 bits per heavy atom. The van der Waals surface area contributed by atoms with Gasteiger partial charge in [-0.25, -0.2) is 0 Å².